The SMILES string of the molecule is COc1ccc2c(c1OC)OCCCC2=O. The van der Waals surface area contributed by atoms with Crippen molar-refractivity contribution in [1.29, 1.82) is 0 Å². The molecule has 0 N–H and O–H groups in total. The molecule has 1 aliphatic heterocycles. The van der Waals surface area contributed by atoms with Gasteiger partial charge in [-0.1, -0.05) is 0 Å². The smallest absolute Gasteiger partial charge is 0.204 e. The van der Waals surface area contributed by atoms with E-state index in [4.69, 9.17) is 14.2 Å². The first-order valence-electron chi connectivity index (χ1n) is 5.19. The summed E-state index contributed by atoms with van der Waals surface area (Å²) in [6.07, 6.45) is 1.25. The number of benzene rings is 1. The highest BCUT2D eigenvalue weighted by Gasteiger charge is 2.23. The molecule has 0 aromatic heterocycles. The molecule has 0 unspecified atom stereocenters. The van der Waals surface area contributed by atoms with Crippen molar-refractivity contribution in [2.24, 2.45) is 0 Å². The van der Waals surface area contributed by atoms with Gasteiger partial charge in [0.15, 0.2) is 17.3 Å². The number of methoxy groups -OCH3 is 2. The van der Waals surface area contributed by atoms with Crippen molar-refractivity contribution in [2.75, 3.05) is 20.8 Å². The van der Waals surface area contributed by atoms with Gasteiger partial charge in [-0.2, -0.15) is 0 Å². The Bertz CT molecular complexity index is 412. The predicted octanol–water partition coefficient (Wildman–Crippen LogP) is 2.06. The van der Waals surface area contributed by atoms with E-state index in [1.807, 2.05) is 0 Å². The molecule has 0 saturated carbocycles. The van der Waals surface area contributed by atoms with E-state index >= 15 is 0 Å². The van der Waals surface area contributed by atoms with Gasteiger partial charge in [0.05, 0.1) is 26.4 Å². The van der Waals surface area contributed by atoms with Gasteiger partial charge in [0, 0.05) is 6.42 Å². The molecule has 0 amide bonds. The Morgan fingerprint density at radius 1 is 1.25 bits per heavy atom. The summed E-state index contributed by atoms with van der Waals surface area (Å²) in [6.45, 7) is 0.530. The van der Waals surface area contributed by atoms with Crippen LogP contribution in [0.3, 0.4) is 0 Å². The summed E-state index contributed by atoms with van der Waals surface area (Å²) in [5, 5.41) is 0. The molecular formula is C12H14O4. The summed E-state index contributed by atoms with van der Waals surface area (Å²) in [7, 11) is 3.10. The Balaban J connectivity index is 2.57. The predicted molar refractivity (Wildman–Crippen MR) is 58.6 cm³/mol. The van der Waals surface area contributed by atoms with Gasteiger partial charge in [-0.25, -0.2) is 0 Å². The fourth-order valence-electron chi connectivity index (χ4n) is 1.80. The maximum absolute atomic E-state index is 11.8. The fourth-order valence-corrected chi connectivity index (χ4v) is 1.80. The van der Waals surface area contributed by atoms with Crippen molar-refractivity contribution in [3.05, 3.63) is 17.7 Å². The zero-order valence-electron chi connectivity index (χ0n) is 9.41. The normalized spacial score (nSPS) is 14.8. The lowest BCUT2D eigenvalue weighted by Crippen LogP contribution is -2.01. The molecule has 1 heterocycles. The summed E-state index contributed by atoms with van der Waals surface area (Å²) < 4.78 is 16.0. The van der Waals surface area contributed by atoms with Crippen LogP contribution in [0.2, 0.25) is 0 Å². The number of fused-ring (bicyclic) bond motifs is 1. The molecule has 0 aliphatic carbocycles. The molecule has 0 bridgehead atoms. The van der Waals surface area contributed by atoms with Gasteiger partial charge in [0.25, 0.3) is 0 Å². The van der Waals surface area contributed by atoms with E-state index in [2.05, 4.69) is 0 Å². The van der Waals surface area contributed by atoms with Gasteiger partial charge in [-0.3, -0.25) is 4.79 Å². The Hall–Kier alpha value is -1.71. The van der Waals surface area contributed by atoms with E-state index in [-0.39, 0.29) is 5.78 Å². The van der Waals surface area contributed by atoms with Crippen LogP contribution in [0.25, 0.3) is 0 Å². The number of carbonyl (C=O) groups is 1. The quantitative estimate of drug-likeness (QED) is 0.768. The third-order valence-electron chi connectivity index (χ3n) is 2.60. The lowest BCUT2D eigenvalue weighted by Gasteiger charge is -2.14. The molecule has 0 fully saturated rings. The fraction of sp³-hybridized carbons (Fsp3) is 0.417. The van der Waals surface area contributed by atoms with E-state index in [0.717, 1.165) is 6.42 Å². The molecular weight excluding hydrogens is 208 g/mol. The summed E-state index contributed by atoms with van der Waals surface area (Å²) >= 11 is 0. The molecule has 0 spiro atoms. The van der Waals surface area contributed by atoms with Gasteiger partial charge in [-0.15, -0.1) is 0 Å². The van der Waals surface area contributed by atoms with E-state index in [1.165, 1.54) is 7.11 Å². The summed E-state index contributed by atoms with van der Waals surface area (Å²) in [4.78, 5) is 11.8. The summed E-state index contributed by atoms with van der Waals surface area (Å²) in [5.41, 5.74) is 0.579. The molecule has 4 nitrogen and oxygen atoms in total. The van der Waals surface area contributed by atoms with Crippen LogP contribution in [0, 0.1) is 0 Å². The average Bonchev–Trinajstić information content (AvgIpc) is 2.50. The number of carbonyl (C=O) groups excluding carboxylic acids is 1. The molecule has 0 atom stereocenters. The Labute approximate surface area is 94.1 Å². The van der Waals surface area contributed by atoms with Crippen LogP contribution in [0.4, 0.5) is 0 Å². The molecule has 0 radical (unpaired) electrons. The molecule has 16 heavy (non-hydrogen) atoms. The largest absolute Gasteiger partial charge is 0.493 e. The second-order valence-corrected chi connectivity index (χ2v) is 3.55. The maximum Gasteiger partial charge on any atom is 0.204 e. The highest BCUT2D eigenvalue weighted by molar-refractivity contribution is 6.00. The Morgan fingerprint density at radius 2 is 2.06 bits per heavy atom. The van der Waals surface area contributed by atoms with Crippen molar-refractivity contribution in [2.45, 2.75) is 12.8 Å². The van der Waals surface area contributed by atoms with E-state index in [9.17, 15) is 4.79 Å². The lowest BCUT2D eigenvalue weighted by molar-refractivity contribution is 0.0983. The maximum atomic E-state index is 11.8. The number of ether oxygens (including phenoxy) is 3. The van der Waals surface area contributed by atoms with Gasteiger partial charge in [0.2, 0.25) is 5.75 Å². The number of hydrogen-bond acceptors (Lipinski definition) is 4. The lowest BCUT2D eigenvalue weighted by atomic mass is 10.1. The Kier molecular flexibility index (Phi) is 2.99. The third kappa shape index (κ3) is 1.71. The standard InChI is InChI=1S/C12H14O4/c1-14-10-6-5-8-9(13)4-3-7-16-11(8)12(10)15-2/h5-6H,3-4,7H2,1-2H3. The zero-order chi connectivity index (χ0) is 11.5. The van der Waals surface area contributed by atoms with Crippen molar-refractivity contribution in [3.63, 3.8) is 0 Å². The summed E-state index contributed by atoms with van der Waals surface area (Å²) in [5.74, 6) is 1.67. The molecule has 1 aromatic rings. The van der Waals surface area contributed by atoms with Crippen LogP contribution < -0.4 is 14.2 Å². The number of Topliss-reactive ketones (excluding diaryl/α,β-unsaturated/α-hetero) is 1. The molecule has 1 aromatic carbocycles. The molecule has 0 saturated heterocycles. The topological polar surface area (TPSA) is 44.8 Å². The first-order chi connectivity index (χ1) is 7.77. The second-order valence-electron chi connectivity index (χ2n) is 3.55. The molecule has 1 aliphatic rings. The van der Waals surface area contributed by atoms with Crippen LogP contribution in [-0.2, 0) is 0 Å². The Morgan fingerprint density at radius 3 is 2.75 bits per heavy atom. The average molecular weight is 222 g/mol. The van der Waals surface area contributed by atoms with Crippen LogP contribution >= 0.6 is 0 Å². The third-order valence-corrected chi connectivity index (χ3v) is 2.60. The highest BCUT2D eigenvalue weighted by Crippen LogP contribution is 2.41. The highest BCUT2D eigenvalue weighted by atomic mass is 16.5. The van der Waals surface area contributed by atoms with Crippen LogP contribution in [0.5, 0.6) is 17.2 Å². The second kappa shape index (κ2) is 4.43. The van der Waals surface area contributed by atoms with Crippen LogP contribution in [-0.4, -0.2) is 26.6 Å². The van der Waals surface area contributed by atoms with Gasteiger partial charge in [-0.05, 0) is 18.6 Å². The number of ketones is 1. The van der Waals surface area contributed by atoms with Crippen LogP contribution in [0.15, 0.2) is 12.1 Å². The summed E-state index contributed by atoms with van der Waals surface area (Å²) in [6, 6.07) is 3.45. The monoisotopic (exact) mass is 222 g/mol. The van der Waals surface area contributed by atoms with Crippen LogP contribution in [0.1, 0.15) is 23.2 Å². The number of hydrogen-bond donors (Lipinski definition) is 0. The van der Waals surface area contributed by atoms with E-state index in [1.54, 1.807) is 19.2 Å². The van der Waals surface area contributed by atoms with Gasteiger partial charge >= 0.3 is 0 Å². The molecule has 86 valence electrons. The number of rotatable bonds is 2. The van der Waals surface area contributed by atoms with Crippen molar-refractivity contribution < 1.29 is 19.0 Å². The first kappa shape index (κ1) is 10.8. The molecule has 4 heteroatoms. The zero-order valence-corrected chi connectivity index (χ0v) is 9.41. The van der Waals surface area contributed by atoms with Gasteiger partial charge in [0.1, 0.15) is 0 Å². The minimum absolute atomic E-state index is 0.0912. The first-order valence-corrected chi connectivity index (χ1v) is 5.19. The van der Waals surface area contributed by atoms with Crippen molar-refractivity contribution in [1.82, 2.24) is 0 Å². The van der Waals surface area contributed by atoms with Gasteiger partial charge < -0.3 is 14.2 Å². The van der Waals surface area contributed by atoms with Crippen molar-refractivity contribution >= 4 is 5.78 Å². The molecule has 2 rings (SSSR count). The van der Waals surface area contributed by atoms with E-state index < -0.39 is 0 Å². The van der Waals surface area contributed by atoms with Crippen molar-refractivity contribution in [3.8, 4) is 17.2 Å². The minimum Gasteiger partial charge on any atom is -0.493 e. The van der Waals surface area contributed by atoms with E-state index in [0.29, 0.717) is 35.8 Å². The minimum atomic E-state index is 0.0912.